The zero-order chi connectivity index (χ0) is 11.1. The van der Waals surface area contributed by atoms with E-state index in [-0.39, 0.29) is 5.69 Å². The lowest BCUT2D eigenvalue weighted by molar-refractivity contribution is -0.384. The molecule has 0 N–H and O–H groups in total. The van der Waals surface area contributed by atoms with E-state index in [0.29, 0.717) is 5.75 Å². The number of non-ortho nitro benzene ring substituents is 1. The molecule has 0 spiro atoms. The van der Waals surface area contributed by atoms with Crippen molar-refractivity contribution in [3.8, 4) is 5.75 Å². The number of ether oxygens (including phenoxy) is 2. The molecule has 80 valence electrons. The molecule has 0 aromatic heterocycles. The van der Waals surface area contributed by atoms with Crippen LogP contribution in [-0.2, 0) is 4.74 Å². The molecule has 0 amide bonds. The Balaban J connectivity index is 0.000000234. The van der Waals surface area contributed by atoms with Crippen LogP contribution in [0.25, 0.3) is 0 Å². The van der Waals surface area contributed by atoms with E-state index in [2.05, 4.69) is 4.74 Å². The number of nitrogens with zero attached hydrogens (tertiary/aromatic N) is 1. The number of nitro benzene ring substituents is 1. The predicted molar refractivity (Wildman–Crippen MR) is 54.7 cm³/mol. The van der Waals surface area contributed by atoms with Crippen LogP contribution in [0.15, 0.2) is 36.6 Å². The highest BCUT2D eigenvalue weighted by atomic mass is 16.6. The lowest BCUT2D eigenvalue weighted by Gasteiger charge is -1.99. The first-order valence-corrected chi connectivity index (χ1v) is 4.29. The van der Waals surface area contributed by atoms with Crippen LogP contribution in [0.1, 0.15) is 0 Å². The third-order valence-corrected chi connectivity index (χ3v) is 1.67. The highest BCUT2D eigenvalue weighted by Gasteiger charge is 2.02. The van der Waals surface area contributed by atoms with Crippen molar-refractivity contribution in [1.82, 2.24) is 0 Å². The number of nitro groups is 1. The zero-order valence-corrected chi connectivity index (χ0v) is 8.25. The molecule has 1 aliphatic rings. The Hall–Kier alpha value is -2.04. The summed E-state index contributed by atoms with van der Waals surface area (Å²) in [6.45, 7) is 0.819. The van der Waals surface area contributed by atoms with Gasteiger partial charge in [0.2, 0.25) is 0 Å². The highest BCUT2D eigenvalue weighted by molar-refractivity contribution is 5.35. The van der Waals surface area contributed by atoms with Gasteiger partial charge >= 0.3 is 0 Å². The molecule has 15 heavy (non-hydrogen) atoms. The summed E-state index contributed by atoms with van der Waals surface area (Å²) in [6.07, 6.45) is 3.64. The summed E-state index contributed by atoms with van der Waals surface area (Å²) in [7, 11) is 1.52. The minimum atomic E-state index is -0.445. The number of benzene rings is 1. The molecule has 0 bridgehead atoms. The molecule has 0 saturated heterocycles. The van der Waals surface area contributed by atoms with Gasteiger partial charge in [0.05, 0.1) is 18.3 Å². The second-order valence-corrected chi connectivity index (χ2v) is 2.66. The summed E-state index contributed by atoms with van der Waals surface area (Å²) >= 11 is 0. The first-order valence-electron chi connectivity index (χ1n) is 4.29. The minimum absolute atomic E-state index is 0.0748. The SMILES string of the molecule is C1=COC1.COc1ccc([N+](=O)[O-])cc1. The van der Waals surface area contributed by atoms with Gasteiger partial charge in [0.15, 0.2) is 0 Å². The molecule has 0 fully saturated rings. The minimum Gasteiger partial charge on any atom is -0.497 e. The lowest BCUT2D eigenvalue weighted by Crippen LogP contribution is -1.89. The van der Waals surface area contributed by atoms with E-state index in [0.717, 1.165) is 6.61 Å². The highest BCUT2D eigenvalue weighted by Crippen LogP contribution is 2.16. The van der Waals surface area contributed by atoms with E-state index in [9.17, 15) is 10.1 Å². The van der Waals surface area contributed by atoms with Crippen molar-refractivity contribution in [2.45, 2.75) is 0 Å². The molecule has 5 heteroatoms. The third-order valence-electron chi connectivity index (χ3n) is 1.67. The second kappa shape index (κ2) is 5.64. The van der Waals surface area contributed by atoms with Gasteiger partial charge in [-0.25, -0.2) is 0 Å². The zero-order valence-electron chi connectivity index (χ0n) is 8.25. The molecule has 5 nitrogen and oxygen atoms in total. The average molecular weight is 209 g/mol. The molecular formula is C10H11NO4. The van der Waals surface area contributed by atoms with Gasteiger partial charge in [-0.05, 0) is 18.2 Å². The van der Waals surface area contributed by atoms with Gasteiger partial charge < -0.3 is 9.47 Å². The molecular weight excluding hydrogens is 198 g/mol. The summed E-state index contributed by atoms with van der Waals surface area (Å²) in [5, 5.41) is 10.2. The first-order chi connectivity index (χ1) is 7.24. The number of hydrogen-bond donors (Lipinski definition) is 0. The molecule has 1 aliphatic heterocycles. The molecule has 1 heterocycles. The molecule has 0 aliphatic carbocycles. The van der Waals surface area contributed by atoms with Gasteiger partial charge in [0.25, 0.3) is 5.69 Å². The van der Waals surface area contributed by atoms with Gasteiger partial charge in [-0.2, -0.15) is 0 Å². The summed E-state index contributed by atoms with van der Waals surface area (Å²) in [5.41, 5.74) is 0.0748. The van der Waals surface area contributed by atoms with Crippen LogP contribution in [0.5, 0.6) is 5.75 Å². The molecule has 1 aromatic rings. The van der Waals surface area contributed by atoms with Crippen molar-refractivity contribution in [1.29, 1.82) is 0 Å². The second-order valence-electron chi connectivity index (χ2n) is 2.66. The Kier molecular flexibility index (Phi) is 4.15. The summed E-state index contributed by atoms with van der Waals surface area (Å²) < 4.78 is 9.37. The van der Waals surface area contributed by atoms with Crippen LogP contribution in [0, 0.1) is 10.1 Å². The maximum atomic E-state index is 10.2. The molecule has 0 atom stereocenters. The van der Waals surface area contributed by atoms with Crippen LogP contribution < -0.4 is 4.74 Å². The van der Waals surface area contributed by atoms with Gasteiger partial charge in [-0.1, -0.05) is 0 Å². The van der Waals surface area contributed by atoms with Crippen LogP contribution in [0.2, 0.25) is 0 Å². The van der Waals surface area contributed by atoms with Crippen molar-refractivity contribution < 1.29 is 14.4 Å². The van der Waals surface area contributed by atoms with Crippen molar-refractivity contribution in [2.75, 3.05) is 13.7 Å². The monoisotopic (exact) mass is 209 g/mol. The van der Waals surface area contributed by atoms with Crippen molar-refractivity contribution >= 4 is 5.69 Å². The standard InChI is InChI=1S/C7H7NO3.C3H4O/c1-11-7-4-2-6(3-5-7)8(9)10;1-2-4-3-1/h2-5H,1H3;1-2H,3H2. The van der Waals surface area contributed by atoms with E-state index < -0.39 is 4.92 Å². The Labute approximate surface area is 87.1 Å². The van der Waals surface area contributed by atoms with E-state index in [1.807, 2.05) is 6.08 Å². The average Bonchev–Trinajstić information content (AvgIpc) is 2.15. The van der Waals surface area contributed by atoms with Gasteiger partial charge in [-0.3, -0.25) is 10.1 Å². The Morgan fingerprint density at radius 2 is 1.87 bits per heavy atom. The molecule has 0 unspecified atom stereocenters. The van der Waals surface area contributed by atoms with Crippen molar-refractivity contribution in [3.05, 3.63) is 46.7 Å². The molecule has 0 radical (unpaired) electrons. The summed E-state index contributed by atoms with van der Waals surface area (Å²) in [5.74, 6) is 0.621. The smallest absolute Gasteiger partial charge is 0.269 e. The maximum Gasteiger partial charge on any atom is 0.269 e. The van der Waals surface area contributed by atoms with Gasteiger partial charge in [0, 0.05) is 12.1 Å². The van der Waals surface area contributed by atoms with Crippen molar-refractivity contribution in [3.63, 3.8) is 0 Å². The normalized spacial score (nSPS) is 11.5. The number of methoxy groups -OCH3 is 1. The predicted octanol–water partition coefficient (Wildman–Crippen LogP) is 2.13. The first kappa shape index (κ1) is 11.0. The van der Waals surface area contributed by atoms with Gasteiger partial charge in [0.1, 0.15) is 12.4 Å². The van der Waals surface area contributed by atoms with Crippen LogP contribution in [-0.4, -0.2) is 18.6 Å². The van der Waals surface area contributed by atoms with Crippen LogP contribution in [0.4, 0.5) is 5.69 Å². The van der Waals surface area contributed by atoms with E-state index in [1.54, 1.807) is 18.4 Å². The quantitative estimate of drug-likeness (QED) is 0.553. The summed E-state index contributed by atoms with van der Waals surface area (Å²) in [6, 6.07) is 5.91. The van der Waals surface area contributed by atoms with E-state index in [1.165, 1.54) is 19.2 Å². The van der Waals surface area contributed by atoms with Crippen molar-refractivity contribution in [2.24, 2.45) is 0 Å². The fourth-order valence-corrected chi connectivity index (χ4v) is 0.800. The number of rotatable bonds is 2. The fourth-order valence-electron chi connectivity index (χ4n) is 0.800. The molecule has 0 saturated carbocycles. The molecule has 1 aromatic carbocycles. The summed E-state index contributed by atoms with van der Waals surface area (Å²) in [4.78, 5) is 9.72. The largest absolute Gasteiger partial charge is 0.497 e. The van der Waals surface area contributed by atoms with E-state index in [4.69, 9.17) is 4.74 Å². The lowest BCUT2D eigenvalue weighted by atomic mass is 10.3. The van der Waals surface area contributed by atoms with Crippen LogP contribution in [0.3, 0.4) is 0 Å². The Morgan fingerprint density at radius 1 is 1.40 bits per heavy atom. The van der Waals surface area contributed by atoms with E-state index >= 15 is 0 Å². The Morgan fingerprint density at radius 3 is 2.13 bits per heavy atom. The topological polar surface area (TPSA) is 61.6 Å². The Bertz CT molecular complexity index is 339. The van der Waals surface area contributed by atoms with Gasteiger partial charge in [-0.15, -0.1) is 0 Å². The fraction of sp³-hybridized carbons (Fsp3) is 0.200. The molecule has 2 rings (SSSR count). The maximum absolute atomic E-state index is 10.2. The number of hydrogen-bond acceptors (Lipinski definition) is 4. The van der Waals surface area contributed by atoms with Crippen LogP contribution >= 0.6 is 0 Å². The third kappa shape index (κ3) is 3.68.